The molecule has 11 nitrogen and oxygen atoms in total. The summed E-state index contributed by atoms with van der Waals surface area (Å²) in [6.07, 6.45) is 3.13. The number of halogens is 1. The van der Waals surface area contributed by atoms with Gasteiger partial charge in [0.05, 0.1) is 43.2 Å². The van der Waals surface area contributed by atoms with Gasteiger partial charge in [-0.1, -0.05) is 96.9 Å². The number of hydrogen-bond acceptors (Lipinski definition) is 8. The van der Waals surface area contributed by atoms with E-state index in [1.807, 2.05) is 64.1 Å². The second-order valence-electron chi connectivity index (χ2n) is 14.7. The molecule has 0 saturated carbocycles. The molecular formula is C42H54BrN3O8. The third-order valence-corrected chi connectivity index (χ3v) is 12.2. The maximum absolute atomic E-state index is 15.3. The lowest BCUT2D eigenvalue weighted by atomic mass is 9.70. The number of fused-ring (bicyclic) bond motifs is 1. The minimum absolute atomic E-state index is 0.0412. The fourth-order valence-corrected chi connectivity index (χ4v) is 9.66. The van der Waals surface area contributed by atoms with Crippen LogP contribution in [0.25, 0.3) is 0 Å². The summed E-state index contributed by atoms with van der Waals surface area (Å²) in [4.78, 5) is 60.8. The number of benzene rings is 2. The van der Waals surface area contributed by atoms with Gasteiger partial charge in [0.15, 0.2) is 0 Å². The van der Waals surface area contributed by atoms with Crippen molar-refractivity contribution in [3.8, 4) is 0 Å². The van der Waals surface area contributed by atoms with E-state index in [0.717, 1.165) is 11.1 Å². The highest BCUT2D eigenvalue weighted by molar-refractivity contribution is 9.09. The third-order valence-electron chi connectivity index (χ3n) is 11.4. The van der Waals surface area contributed by atoms with E-state index < -0.39 is 59.6 Å². The molecule has 1 unspecified atom stereocenters. The molecule has 2 aromatic rings. The molecule has 2 N–H and O–H groups in total. The number of carbonyl (C=O) groups is 4. The number of carbonyl (C=O) groups excluding carboxylic acids is 4. The summed E-state index contributed by atoms with van der Waals surface area (Å²) in [6.45, 7) is 15.2. The number of nitrogens with zero attached hydrogens (tertiary/aromatic N) is 2. The number of aliphatic hydroxyl groups excluding tert-OH is 1. The van der Waals surface area contributed by atoms with Gasteiger partial charge in [0.25, 0.3) is 5.91 Å². The summed E-state index contributed by atoms with van der Waals surface area (Å²) < 4.78 is 18.7. The van der Waals surface area contributed by atoms with Crippen molar-refractivity contribution in [1.29, 1.82) is 0 Å². The predicted octanol–water partition coefficient (Wildman–Crippen LogP) is 5.36. The lowest BCUT2D eigenvalue weighted by Gasteiger charge is -2.41. The number of allylic oxidation sites excluding steroid dienone is 1. The quantitative estimate of drug-likeness (QED) is 0.117. The first-order valence-corrected chi connectivity index (χ1v) is 19.7. The van der Waals surface area contributed by atoms with Crippen LogP contribution in [0, 0.1) is 31.6 Å². The van der Waals surface area contributed by atoms with Gasteiger partial charge in [-0.05, 0) is 49.3 Å². The number of likely N-dealkylation sites (tertiary alicyclic amines) is 1. The Morgan fingerprint density at radius 1 is 1.13 bits per heavy atom. The molecule has 10 atom stereocenters. The summed E-state index contributed by atoms with van der Waals surface area (Å²) in [5.74, 6) is -4.09. The summed E-state index contributed by atoms with van der Waals surface area (Å²) >= 11 is 3.77. The van der Waals surface area contributed by atoms with E-state index in [2.05, 4.69) is 34.4 Å². The van der Waals surface area contributed by atoms with Gasteiger partial charge in [0.1, 0.15) is 17.7 Å². The Hall–Kier alpha value is -3.84. The van der Waals surface area contributed by atoms with Crippen LogP contribution >= 0.6 is 15.9 Å². The highest BCUT2D eigenvalue weighted by atomic mass is 79.9. The van der Waals surface area contributed by atoms with Crippen molar-refractivity contribution >= 4 is 45.3 Å². The minimum Gasteiger partial charge on any atom is -0.455 e. The molecule has 2 bridgehead atoms. The number of methoxy groups -OCH3 is 1. The lowest BCUT2D eigenvalue weighted by Crippen LogP contribution is -2.60. The van der Waals surface area contributed by atoms with Crippen molar-refractivity contribution in [1.82, 2.24) is 10.2 Å². The molecule has 54 heavy (non-hydrogen) atoms. The molecule has 12 heteroatoms. The van der Waals surface area contributed by atoms with Crippen LogP contribution in [0.3, 0.4) is 0 Å². The molecule has 1 spiro atoms. The number of nitrogens with one attached hydrogen (secondary N) is 1. The smallest absolute Gasteiger partial charge is 0.313 e. The molecule has 3 aliphatic rings. The topological polar surface area (TPSA) is 135 Å². The van der Waals surface area contributed by atoms with Gasteiger partial charge < -0.3 is 34.4 Å². The van der Waals surface area contributed by atoms with Gasteiger partial charge in [0.2, 0.25) is 11.8 Å². The highest BCUT2D eigenvalue weighted by Crippen LogP contribution is 2.61. The highest BCUT2D eigenvalue weighted by Gasteiger charge is 2.78. The van der Waals surface area contributed by atoms with Gasteiger partial charge in [0, 0.05) is 30.6 Å². The molecule has 3 heterocycles. The second kappa shape index (κ2) is 17.7. The van der Waals surface area contributed by atoms with E-state index in [9.17, 15) is 14.7 Å². The largest absolute Gasteiger partial charge is 0.455 e. The van der Waals surface area contributed by atoms with Crippen molar-refractivity contribution < 1.29 is 38.5 Å². The first-order chi connectivity index (χ1) is 25.9. The number of hydrogen-bond donors (Lipinski definition) is 2. The number of rotatable bonds is 18. The molecule has 3 aliphatic heterocycles. The zero-order valence-corrected chi connectivity index (χ0v) is 33.5. The number of ether oxygens (including phenoxy) is 3. The van der Waals surface area contributed by atoms with E-state index >= 15 is 9.59 Å². The van der Waals surface area contributed by atoms with Crippen molar-refractivity contribution in [2.75, 3.05) is 31.8 Å². The lowest BCUT2D eigenvalue weighted by molar-refractivity contribution is -0.163. The minimum atomic E-state index is -1.40. The van der Waals surface area contributed by atoms with Gasteiger partial charge in [-0.15, -0.1) is 13.2 Å². The molecule has 3 fully saturated rings. The van der Waals surface area contributed by atoms with Gasteiger partial charge in [-0.25, -0.2) is 0 Å². The summed E-state index contributed by atoms with van der Waals surface area (Å²) in [5.41, 5.74) is 1.69. The number of esters is 1. The molecule has 0 radical (unpaired) electrons. The molecule has 2 aromatic carbocycles. The van der Waals surface area contributed by atoms with Crippen molar-refractivity contribution in [2.45, 2.75) is 94.1 Å². The zero-order valence-electron chi connectivity index (χ0n) is 31.9. The van der Waals surface area contributed by atoms with Crippen molar-refractivity contribution in [3.05, 3.63) is 90.5 Å². The van der Waals surface area contributed by atoms with Crippen LogP contribution in [-0.2, 0) is 33.4 Å². The summed E-state index contributed by atoms with van der Waals surface area (Å²) in [6, 6.07) is 12.2. The number of amides is 3. The molecule has 5 rings (SSSR count). The fraction of sp³-hybridized carbons (Fsp3) is 0.524. The third kappa shape index (κ3) is 7.67. The fourth-order valence-electron chi connectivity index (χ4n) is 8.71. The van der Waals surface area contributed by atoms with E-state index in [1.54, 1.807) is 29.2 Å². The van der Waals surface area contributed by atoms with E-state index in [4.69, 9.17) is 14.2 Å². The Kier molecular flexibility index (Phi) is 13.6. The SMILES string of the molecule is C=CCCC(=O)N[C@H](COC)[C@H](OC(=O)[C@@H]1[C@H]2O[C@@]3(CC2Br)[C@H](C(=O)N(CC=C)c2c(C)cccc2C)N([C@@H](CO)[C@@H](C)CC)C(=O)[C@@H]13)c1ccccc1. The number of para-hydroxylation sites is 1. The molecule has 0 aromatic heterocycles. The average molecular weight is 809 g/mol. The molecule has 3 amide bonds. The number of alkyl halides is 1. The average Bonchev–Trinajstić information content (AvgIpc) is 3.75. The van der Waals surface area contributed by atoms with Crippen LogP contribution in [-0.4, -0.2) is 95.2 Å². The second-order valence-corrected chi connectivity index (χ2v) is 15.9. The summed E-state index contributed by atoms with van der Waals surface area (Å²) in [5, 5.41) is 13.8. The van der Waals surface area contributed by atoms with Crippen LogP contribution in [0.15, 0.2) is 73.8 Å². The molecule has 0 aliphatic carbocycles. The Morgan fingerprint density at radius 2 is 1.81 bits per heavy atom. The molecular weight excluding hydrogens is 754 g/mol. The Morgan fingerprint density at radius 3 is 2.41 bits per heavy atom. The maximum atomic E-state index is 15.3. The molecule has 3 saturated heterocycles. The Bertz CT molecular complexity index is 1690. The van der Waals surface area contributed by atoms with Crippen LogP contribution < -0.4 is 10.2 Å². The number of aliphatic hydroxyl groups is 1. The van der Waals surface area contributed by atoms with Crippen molar-refractivity contribution in [3.63, 3.8) is 0 Å². The van der Waals surface area contributed by atoms with E-state index in [1.165, 1.54) is 12.0 Å². The Balaban J connectivity index is 1.60. The first-order valence-electron chi connectivity index (χ1n) is 18.8. The first kappa shape index (κ1) is 41.3. The Labute approximate surface area is 327 Å². The van der Waals surface area contributed by atoms with Crippen LogP contribution in [0.4, 0.5) is 5.69 Å². The maximum Gasteiger partial charge on any atom is 0.313 e. The zero-order chi connectivity index (χ0) is 39.3. The normalized spacial score (nSPS) is 26.4. The van der Waals surface area contributed by atoms with E-state index in [0.29, 0.717) is 24.1 Å². The van der Waals surface area contributed by atoms with Gasteiger partial charge in [-0.2, -0.15) is 0 Å². The van der Waals surface area contributed by atoms with Crippen LogP contribution in [0.2, 0.25) is 0 Å². The van der Waals surface area contributed by atoms with Gasteiger partial charge in [-0.3, -0.25) is 19.2 Å². The molecule has 292 valence electrons. The number of anilines is 1. The standard InChI is InChI=1S/C42H54BrN3O8/c1-8-11-20-32(48)44-30(24-52-7)36(28-18-13-12-14-19-28)53-41(51)33-34-39(49)46(31(23-47)25(4)10-3)38(42(34)22-29(43)37(33)54-42)40(50)45(21-9-2)35-26(5)16-15-17-27(35)6/h8-9,12-19,25,29-31,33-34,36-38,47H,1-2,10-11,20-24H2,3-7H3,(H,44,48)/t25-,29?,30+,31-,33-,34+,36+,37-,38-,42+/m0/s1. The number of aryl methyl sites for hydroxylation is 2. The predicted molar refractivity (Wildman–Crippen MR) is 210 cm³/mol. The van der Waals surface area contributed by atoms with Gasteiger partial charge >= 0.3 is 5.97 Å². The van der Waals surface area contributed by atoms with E-state index in [-0.39, 0.29) is 55.2 Å². The van der Waals surface area contributed by atoms with Crippen molar-refractivity contribution in [2.24, 2.45) is 17.8 Å². The monoisotopic (exact) mass is 807 g/mol. The van der Waals surface area contributed by atoms with Crippen LogP contribution in [0.1, 0.15) is 62.3 Å². The summed E-state index contributed by atoms with van der Waals surface area (Å²) in [7, 11) is 1.50. The van der Waals surface area contributed by atoms with Crippen LogP contribution in [0.5, 0.6) is 0 Å².